The van der Waals surface area contributed by atoms with Crippen molar-refractivity contribution >= 4 is 17.4 Å². The number of carbonyl (C=O) groups is 2. The van der Waals surface area contributed by atoms with Crippen LogP contribution in [0.3, 0.4) is 0 Å². The van der Waals surface area contributed by atoms with Crippen LogP contribution in [0.4, 0.5) is 0 Å². The van der Waals surface area contributed by atoms with Crippen molar-refractivity contribution < 1.29 is 24.3 Å². The Morgan fingerprint density at radius 2 is 1.90 bits per heavy atom. The molecule has 0 spiro atoms. The number of carbonyl (C=O) groups excluding carboxylic acids is 2. The first-order valence-electron chi connectivity index (χ1n) is 9.97. The fourth-order valence-corrected chi connectivity index (χ4v) is 3.79. The highest BCUT2D eigenvalue weighted by Crippen LogP contribution is 2.39. The molecule has 0 aliphatic carbocycles. The van der Waals surface area contributed by atoms with E-state index in [9.17, 15) is 14.7 Å². The van der Waals surface area contributed by atoms with Crippen LogP contribution in [-0.4, -0.2) is 61.0 Å². The standard InChI is InChI=1S/C23H27N3O4/c1-15-14-17(6-7-18(15)30-4)21(27)19-20(16-8-10-24-11-9-16)26(23(29)22(19)28)13-5-12-25(2)3/h6-11,14,20,27H,5,12-13H2,1-4H3/p+1/t20-/m0/s1. The van der Waals surface area contributed by atoms with Crippen LogP contribution in [0.1, 0.15) is 29.2 Å². The summed E-state index contributed by atoms with van der Waals surface area (Å²) in [5.41, 5.74) is 2.15. The van der Waals surface area contributed by atoms with E-state index in [1.165, 1.54) is 4.90 Å². The number of nitrogens with one attached hydrogen (secondary N) is 1. The molecule has 2 N–H and O–H groups in total. The van der Waals surface area contributed by atoms with Gasteiger partial charge in [0, 0.05) is 30.9 Å². The number of aryl methyl sites for hydroxylation is 1. The summed E-state index contributed by atoms with van der Waals surface area (Å²) in [6, 6.07) is 8.07. The van der Waals surface area contributed by atoms with Crippen molar-refractivity contribution in [3.05, 3.63) is 65.0 Å². The smallest absolute Gasteiger partial charge is 0.295 e. The van der Waals surface area contributed by atoms with Crippen LogP contribution in [0.5, 0.6) is 5.75 Å². The van der Waals surface area contributed by atoms with E-state index in [1.807, 2.05) is 21.0 Å². The quantitative estimate of drug-likeness (QED) is 0.409. The molecule has 1 fully saturated rings. The third kappa shape index (κ3) is 4.21. The molecule has 1 amide bonds. The molecular weight excluding hydrogens is 382 g/mol. The molecule has 1 atom stereocenters. The van der Waals surface area contributed by atoms with Crippen LogP contribution in [0, 0.1) is 6.92 Å². The molecule has 0 unspecified atom stereocenters. The van der Waals surface area contributed by atoms with E-state index >= 15 is 0 Å². The molecular formula is C23H28N3O4+. The summed E-state index contributed by atoms with van der Waals surface area (Å²) in [6.07, 6.45) is 3.99. The summed E-state index contributed by atoms with van der Waals surface area (Å²) in [5.74, 6) is -0.747. The number of pyridine rings is 1. The van der Waals surface area contributed by atoms with Gasteiger partial charge in [-0.2, -0.15) is 0 Å². The van der Waals surface area contributed by atoms with Crippen molar-refractivity contribution in [2.24, 2.45) is 0 Å². The number of aliphatic hydroxyl groups is 1. The Bertz CT molecular complexity index is 970. The number of methoxy groups -OCH3 is 1. The Morgan fingerprint density at radius 3 is 2.50 bits per heavy atom. The summed E-state index contributed by atoms with van der Waals surface area (Å²) in [6.45, 7) is 3.16. The second-order valence-electron chi connectivity index (χ2n) is 7.77. The van der Waals surface area contributed by atoms with Gasteiger partial charge in [0.15, 0.2) is 0 Å². The fourth-order valence-electron chi connectivity index (χ4n) is 3.79. The molecule has 1 aliphatic heterocycles. The lowest BCUT2D eigenvalue weighted by atomic mass is 9.95. The van der Waals surface area contributed by atoms with Crippen LogP contribution in [0.2, 0.25) is 0 Å². The Labute approximate surface area is 176 Å². The maximum atomic E-state index is 13.0. The van der Waals surface area contributed by atoms with Gasteiger partial charge in [-0.3, -0.25) is 14.6 Å². The van der Waals surface area contributed by atoms with Crippen LogP contribution in [-0.2, 0) is 9.59 Å². The van der Waals surface area contributed by atoms with Gasteiger partial charge in [-0.15, -0.1) is 0 Å². The van der Waals surface area contributed by atoms with E-state index in [0.29, 0.717) is 17.9 Å². The van der Waals surface area contributed by atoms with Gasteiger partial charge in [-0.05, 0) is 48.4 Å². The number of quaternary nitrogens is 1. The van der Waals surface area contributed by atoms with E-state index in [-0.39, 0.29) is 11.3 Å². The topological polar surface area (TPSA) is 84.2 Å². The van der Waals surface area contributed by atoms with E-state index in [1.54, 1.807) is 54.7 Å². The zero-order valence-corrected chi connectivity index (χ0v) is 17.8. The van der Waals surface area contributed by atoms with E-state index in [4.69, 9.17) is 4.74 Å². The summed E-state index contributed by atoms with van der Waals surface area (Å²) in [7, 11) is 5.66. The predicted molar refractivity (Wildman–Crippen MR) is 113 cm³/mol. The van der Waals surface area contributed by atoms with Crippen LogP contribution < -0.4 is 9.64 Å². The van der Waals surface area contributed by atoms with E-state index in [2.05, 4.69) is 4.98 Å². The number of likely N-dealkylation sites (tertiary alicyclic amines) is 1. The summed E-state index contributed by atoms with van der Waals surface area (Å²) in [4.78, 5) is 32.7. The van der Waals surface area contributed by atoms with Gasteiger partial charge in [0.1, 0.15) is 11.5 Å². The maximum Gasteiger partial charge on any atom is 0.295 e. The summed E-state index contributed by atoms with van der Waals surface area (Å²) >= 11 is 0. The van der Waals surface area contributed by atoms with Crippen LogP contribution in [0.25, 0.3) is 5.76 Å². The molecule has 7 nitrogen and oxygen atoms in total. The number of nitrogens with zero attached hydrogens (tertiary/aromatic N) is 2. The molecule has 3 rings (SSSR count). The second kappa shape index (κ2) is 9.09. The highest BCUT2D eigenvalue weighted by molar-refractivity contribution is 6.46. The van der Waals surface area contributed by atoms with Gasteiger partial charge in [-0.25, -0.2) is 0 Å². The Kier molecular flexibility index (Phi) is 6.52. The Hall–Kier alpha value is -3.19. The molecule has 0 saturated carbocycles. The monoisotopic (exact) mass is 410 g/mol. The van der Waals surface area contributed by atoms with E-state index < -0.39 is 17.7 Å². The minimum Gasteiger partial charge on any atom is -0.507 e. The number of aromatic nitrogens is 1. The van der Waals surface area contributed by atoms with Crippen LogP contribution >= 0.6 is 0 Å². The normalized spacial score (nSPS) is 18.3. The largest absolute Gasteiger partial charge is 0.507 e. The average Bonchev–Trinajstić information content (AvgIpc) is 2.98. The molecule has 2 heterocycles. The minimum absolute atomic E-state index is 0.105. The predicted octanol–water partition coefficient (Wildman–Crippen LogP) is 1.35. The first-order valence-corrected chi connectivity index (χ1v) is 9.97. The molecule has 7 heteroatoms. The number of amides is 1. The molecule has 1 aromatic carbocycles. The number of benzene rings is 1. The zero-order chi connectivity index (χ0) is 21.8. The molecule has 2 aromatic rings. The molecule has 1 aromatic heterocycles. The zero-order valence-electron chi connectivity index (χ0n) is 17.8. The number of ketones is 1. The minimum atomic E-state index is -0.667. The second-order valence-corrected chi connectivity index (χ2v) is 7.77. The van der Waals surface area contributed by atoms with Gasteiger partial charge in [0.2, 0.25) is 0 Å². The van der Waals surface area contributed by atoms with Gasteiger partial charge in [-0.1, -0.05) is 0 Å². The number of hydrogen-bond donors (Lipinski definition) is 2. The average molecular weight is 410 g/mol. The van der Waals surface area contributed by atoms with Gasteiger partial charge >= 0.3 is 0 Å². The van der Waals surface area contributed by atoms with Crippen molar-refractivity contribution in [3.8, 4) is 5.75 Å². The Balaban J connectivity index is 2.08. The van der Waals surface area contributed by atoms with E-state index in [0.717, 1.165) is 24.1 Å². The lowest BCUT2D eigenvalue weighted by molar-refractivity contribution is -0.858. The van der Waals surface area contributed by atoms with Crippen molar-refractivity contribution in [3.63, 3.8) is 0 Å². The third-order valence-corrected chi connectivity index (χ3v) is 5.31. The van der Waals surface area contributed by atoms with Crippen molar-refractivity contribution in [2.45, 2.75) is 19.4 Å². The number of Topliss-reactive ketones (excluding diaryl/α,β-unsaturated/α-hetero) is 1. The SMILES string of the molecule is COc1ccc(C(O)=C2C(=O)C(=O)N(CCC[NH+](C)C)[C@H]2c2ccncc2)cc1C. The summed E-state index contributed by atoms with van der Waals surface area (Å²) in [5, 5.41) is 11.1. The Morgan fingerprint density at radius 1 is 1.20 bits per heavy atom. The molecule has 0 bridgehead atoms. The van der Waals surface area contributed by atoms with Crippen molar-refractivity contribution in [1.29, 1.82) is 0 Å². The van der Waals surface area contributed by atoms with Crippen LogP contribution in [0.15, 0.2) is 48.3 Å². The van der Waals surface area contributed by atoms with Gasteiger partial charge < -0.3 is 19.6 Å². The van der Waals surface area contributed by atoms with Crippen molar-refractivity contribution in [2.75, 3.05) is 34.3 Å². The summed E-state index contributed by atoms with van der Waals surface area (Å²) < 4.78 is 5.28. The maximum absolute atomic E-state index is 13.0. The molecule has 1 aliphatic rings. The fraction of sp³-hybridized carbons (Fsp3) is 0.348. The number of hydrogen-bond acceptors (Lipinski definition) is 5. The molecule has 0 radical (unpaired) electrons. The lowest BCUT2D eigenvalue weighted by Crippen LogP contribution is -3.05. The molecule has 1 saturated heterocycles. The molecule has 158 valence electrons. The number of ether oxygens (including phenoxy) is 1. The van der Waals surface area contributed by atoms with Crippen molar-refractivity contribution in [1.82, 2.24) is 9.88 Å². The highest BCUT2D eigenvalue weighted by Gasteiger charge is 2.45. The lowest BCUT2D eigenvalue weighted by Gasteiger charge is -2.25. The first-order chi connectivity index (χ1) is 14.3. The third-order valence-electron chi connectivity index (χ3n) is 5.31. The van der Waals surface area contributed by atoms with Gasteiger partial charge in [0.05, 0.1) is 39.4 Å². The first kappa shape index (κ1) is 21.5. The number of rotatable bonds is 7. The molecule has 30 heavy (non-hydrogen) atoms. The van der Waals surface area contributed by atoms with Gasteiger partial charge in [0.25, 0.3) is 11.7 Å². The number of aliphatic hydroxyl groups excluding tert-OH is 1. The highest BCUT2D eigenvalue weighted by atomic mass is 16.5.